The van der Waals surface area contributed by atoms with Crippen molar-refractivity contribution in [1.82, 2.24) is 20.3 Å². The molecule has 2 aromatic carbocycles. The second-order valence-electron chi connectivity index (χ2n) is 7.18. The van der Waals surface area contributed by atoms with Gasteiger partial charge in [0.05, 0.1) is 11.3 Å². The van der Waals surface area contributed by atoms with Crippen LogP contribution in [0.1, 0.15) is 27.3 Å². The van der Waals surface area contributed by atoms with Crippen molar-refractivity contribution >= 4 is 17.5 Å². The largest absolute Gasteiger partial charge is 0.454 e. The van der Waals surface area contributed by atoms with Crippen LogP contribution >= 0.6 is 0 Å². The summed E-state index contributed by atoms with van der Waals surface area (Å²) in [6.07, 6.45) is -4.53. The van der Waals surface area contributed by atoms with E-state index in [1.54, 1.807) is 18.2 Å². The van der Waals surface area contributed by atoms with Crippen molar-refractivity contribution in [2.75, 3.05) is 12.1 Å². The number of benzene rings is 2. The van der Waals surface area contributed by atoms with E-state index in [-0.39, 0.29) is 42.9 Å². The Hall–Kier alpha value is -4.09. The fourth-order valence-corrected chi connectivity index (χ4v) is 3.13. The first-order chi connectivity index (χ1) is 15.7. The minimum Gasteiger partial charge on any atom is -0.454 e. The molecule has 1 aliphatic heterocycles. The zero-order chi connectivity index (χ0) is 23.6. The molecule has 0 saturated heterocycles. The van der Waals surface area contributed by atoms with E-state index < -0.39 is 17.6 Å². The second kappa shape index (κ2) is 8.81. The average Bonchev–Trinajstić information content (AvgIpc) is 3.38. The van der Waals surface area contributed by atoms with Gasteiger partial charge in [0.1, 0.15) is 6.54 Å². The van der Waals surface area contributed by atoms with E-state index in [9.17, 15) is 22.8 Å². The number of ether oxygens (including phenoxy) is 2. The van der Waals surface area contributed by atoms with Crippen LogP contribution in [0, 0.1) is 6.92 Å². The van der Waals surface area contributed by atoms with Crippen molar-refractivity contribution in [3.8, 4) is 11.5 Å². The topological polar surface area (TPSA) is 107 Å². The van der Waals surface area contributed by atoms with Crippen LogP contribution in [0.4, 0.5) is 18.9 Å². The molecule has 3 aromatic rings. The van der Waals surface area contributed by atoms with E-state index in [0.29, 0.717) is 11.5 Å². The third kappa shape index (κ3) is 5.05. The first-order valence-corrected chi connectivity index (χ1v) is 9.74. The smallest absolute Gasteiger partial charge is 0.416 e. The molecule has 1 aliphatic rings. The molecule has 0 aliphatic carbocycles. The predicted molar refractivity (Wildman–Crippen MR) is 109 cm³/mol. The lowest BCUT2D eigenvalue weighted by atomic mass is 10.2. The number of nitrogens with zero attached hydrogens (tertiary/aromatic N) is 3. The molecule has 172 valence electrons. The number of halogens is 3. The first-order valence-electron chi connectivity index (χ1n) is 9.74. The maximum Gasteiger partial charge on any atom is 0.416 e. The first kappa shape index (κ1) is 22.1. The van der Waals surface area contributed by atoms with Gasteiger partial charge in [-0.25, -0.2) is 4.68 Å². The van der Waals surface area contributed by atoms with Crippen LogP contribution in [0.5, 0.6) is 11.5 Å². The number of amides is 2. The van der Waals surface area contributed by atoms with Crippen molar-refractivity contribution in [3.63, 3.8) is 0 Å². The van der Waals surface area contributed by atoms with Gasteiger partial charge in [0.25, 0.3) is 5.91 Å². The number of carbonyl (C=O) groups is 2. The number of rotatable bonds is 6. The highest BCUT2D eigenvalue weighted by Gasteiger charge is 2.30. The molecule has 2 heterocycles. The van der Waals surface area contributed by atoms with E-state index in [0.717, 1.165) is 17.7 Å². The normalized spacial score (nSPS) is 12.5. The van der Waals surface area contributed by atoms with Gasteiger partial charge in [-0.3, -0.25) is 9.59 Å². The number of alkyl halides is 3. The maximum atomic E-state index is 12.9. The lowest BCUT2D eigenvalue weighted by molar-refractivity contribution is -0.137. The van der Waals surface area contributed by atoms with Crippen LogP contribution in [-0.2, 0) is 24.1 Å². The zero-order valence-corrected chi connectivity index (χ0v) is 17.3. The molecule has 12 heteroatoms. The Morgan fingerprint density at radius 2 is 1.91 bits per heavy atom. The third-order valence-electron chi connectivity index (χ3n) is 4.87. The van der Waals surface area contributed by atoms with Crippen LogP contribution in [0.2, 0.25) is 0 Å². The molecule has 4 rings (SSSR count). The Morgan fingerprint density at radius 1 is 1.12 bits per heavy atom. The van der Waals surface area contributed by atoms with Gasteiger partial charge in [0.2, 0.25) is 12.7 Å². The highest BCUT2D eigenvalue weighted by atomic mass is 19.4. The van der Waals surface area contributed by atoms with Crippen molar-refractivity contribution in [2.45, 2.75) is 26.2 Å². The van der Waals surface area contributed by atoms with E-state index >= 15 is 0 Å². The third-order valence-corrected chi connectivity index (χ3v) is 4.87. The Labute approximate surface area is 185 Å². The van der Waals surface area contributed by atoms with E-state index in [4.69, 9.17) is 9.47 Å². The van der Waals surface area contributed by atoms with Gasteiger partial charge in [-0.2, -0.15) is 13.2 Å². The molecule has 0 unspecified atom stereocenters. The minimum absolute atomic E-state index is 0.0368. The van der Waals surface area contributed by atoms with Crippen molar-refractivity contribution < 1.29 is 32.2 Å². The summed E-state index contributed by atoms with van der Waals surface area (Å²) in [6.45, 7) is 1.74. The Balaban J connectivity index is 1.36. The van der Waals surface area contributed by atoms with Gasteiger partial charge < -0.3 is 20.1 Å². The molecular formula is C21H18F3N5O4. The molecule has 0 atom stereocenters. The summed E-state index contributed by atoms with van der Waals surface area (Å²) < 4.78 is 50.3. The van der Waals surface area contributed by atoms with E-state index in [2.05, 4.69) is 20.9 Å². The van der Waals surface area contributed by atoms with Crippen molar-refractivity contribution in [2.24, 2.45) is 0 Å². The number of fused-ring (bicyclic) bond motifs is 1. The molecule has 9 nitrogen and oxygen atoms in total. The Bertz CT molecular complexity index is 1210. The lowest BCUT2D eigenvalue weighted by Gasteiger charge is -2.09. The van der Waals surface area contributed by atoms with Crippen LogP contribution in [0.15, 0.2) is 42.5 Å². The standard InChI is InChI=1S/C21H18F3N5O4/c1-12-19(20(31)26-15-4-2-3-14(8-15)21(22,23)24)27-28-29(12)10-18(30)25-9-13-5-6-16-17(7-13)33-11-32-16/h2-8H,9-11H2,1H3,(H,25,30)(H,26,31). The molecular weight excluding hydrogens is 443 g/mol. The summed E-state index contributed by atoms with van der Waals surface area (Å²) in [7, 11) is 0. The van der Waals surface area contributed by atoms with Gasteiger partial charge in [-0.1, -0.05) is 17.3 Å². The van der Waals surface area contributed by atoms with Gasteiger partial charge in [-0.15, -0.1) is 5.10 Å². The predicted octanol–water partition coefficient (Wildman–Crippen LogP) is 2.90. The van der Waals surface area contributed by atoms with Gasteiger partial charge in [0.15, 0.2) is 17.2 Å². The number of carbonyl (C=O) groups excluding carboxylic acids is 2. The summed E-state index contributed by atoms with van der Waals surface area (Å²) in [6, 6.07) is 9.55. The molecule has 33 heavy (non-hydrogen) atoms. The Morgan fingerprint density at radius 3 is 2.70 bits per heavy atom. The molecule has 0 fully saturated rings. The Kier molecular flexibility index (Phi) is 5.90. The van der Waals surface area contributed by atoms with Gasteiger partial charge in [0, 0.05) is 12.2 Å². The summed E-state index contributed by atoms with van der Waals surface area (Å²) in [5.74, 6) is 0.133. The van der Waals surface area contributed by atoms with Gasteiger partial charge >= 0.3 is 6.18 Å². The quantitative estimate of drug-likeness (QED) is 0.585. The van der Waals surface area contributed by atoms with Gasteiger partial charge in [-0.05, 0) is 42.8 Å². The molecule has 2 N–H and O–H groups in total. The highest BCUT2D eigenvalue weighted by Crippen LogP contribution is 2.32. The molecule has 2 amide bonds. The zero-order valence-electron chi connectivity index (χ0n) is 17.3. The molecule has 0 saturated carbocycles. The van der Waals surface area contributed by atoms with Crippen LogP contribution in [0.25, 0.3) is 0 Å². The fraction of sp³-hybridized carbons (Fsp3) is 0.238. The number of aromatic nitrogens is 3. The molecule has 0 bridgehead atoms. The molecule has 0 spiro atoms. The molecule has 0 radical (unpaired) electrons. The monoisotopic (exact) mass is 461 g/mol. The van der Waals surface area contributed by atoms with Crippen LogP contribution in [-0.4, -0.2) is 33.6 Å². The number of hydrogen-bond acceptors (Lipinski definition) is 6. The van der Waals surface area contributed by atoms with Crippen LogP contribution < -0.4 is 20.1 Å². The summed E-state index contributed by atoms with van der Waals surface area (Å²) in [5.41, 5.74) is 0.0720. The van der Waals surface area contributed by atoms with Crippen molar-refractivity contribution in [3.05, 3.63) is 65.0 Å². The fourth-order valence-electron chi connectivity index (χ4n) is 3.13. The number of hydrogen-bond donors (Lipinski definition) is 2. The summed E-state index contributed by atoms with van der Waals surface area (Å²) in [4.78, 5) is 24.8. The SMILES string of the molecule is Cc1c(C(=O)Nc2cccc(C(F)(F)F)c2)nnn1CC(=O)NCc1ccc2c(c1)OCO2. The minimum atomic E-state index is -4.53. The maximum absolute atomic E-state index is 12.9. The van der Waals surface area contributed by atoms with E-state index in [1.807, 2.05) is 0 Å². The molecule has 1 aromatic heterocycles. The van der Waals surface area contributed by atoms with Crippen molar-refractivity contribution in [1.29, 1.82) is 0 Å². The summed E-state index contributed by atoms with van der Waals surface area (Å²) in [5, 5.41) is 12.7. The number of nitrogens with one attached hydrogen (secondary N) is 2. The number of anilines is 1. The highest BCUT2D eigenvalue weighted by molar-refractivity contribution is 6.03. The summed E-state index contributed by atoms with van der Waals surface area (Å²) >= 11 is 0. The van der Waals surface area contributed by atoms with Crippen LogP contribution in [0.3, 0.4) is 0 Å². The van der Waals surface area contributed by atoms with E-state index in [1.165, 1.54) is 23.7 Å². The lowest BCUT2D eigenvalue weighted by Crippen LogP contribution is -2.28. The second-order valence-corrected chi connectivity index (χ2v) is 7.18. The average molecular weight is 461 g/mol.